The average Bonchev–Trinajstić information content (AvgIpc) is 3.32. The summed E-state index contributed by atoms with van der Waals surface area (Å²) in [5, 5.41) is 2.81. The number of amides is 1. The molecule has 0 aliphatic rings. The summed E-state index contributed by atoms with van der Waals surface area (Å²) in [6, 6.07) is 19.9. The van der Waals surface area contributed by atoms with Crippen LogP contribution in [0.4, 0.5) is 5.69 Å². The Hall–Kier alpha value is -4.02. The molecule has 9 nitrogen and oxygen atoms in total. The summed E-state index contributed by atoms with van der Waals surface area (Å²) >= 11 is 0. The van der Waals surface area contributed by atoms with Crippen molar-refractivity contribution in [1.82, 2.24) is 14.7 Å². The van der Waals surface area contributed by atoms with Gasteiger partial charge in [-0.15, -0.1) is 0 Å². The average molecular weight is 507 g/mol. The lowest BCUT2D eigenvalue weighted by Gasteiger charge is -2.19. The molecule has 0 saturated heterocycles. The van der Waals surface area contributed by atoms with Gasteiger partial charge in [-0.25, -0.2) is 13.4 Å². The molecule has 0 fully saturated rings. The molecule has 0 aliphatic carbocycles. The summed E-state index contributed by atoms with van der Waals surface area (Å²) in [4.78, 5) is 31.8. The minimum atomic E-state index is -3.92. The van der Waals surface area contributed by atoms with Gasteiger partial charge >= 0.3 is 5.97 Å². The second-order valence-corrected chi connectivity index (χ2v) is 10.2. The minimum absolute atomic E-state index is 0.0375. The van der Waals surface area contributed by atoms with Crippen molar-refractivity contribution in [3.63, 3.8) is 0 Å². The van der Waals surface area contributed by atoms with Gasteiger partial charge in [-0.2, -0.15) is 4.72 Å². The van der Waals surface area contributed by atoms with Crippen LogP contribution in [-0.4, -0.2) is 43.4 Å². The number of carbonyl (C=O) groups excluding carboxylic acids is 2. The Kier molecular flexibility index (Phi) is 7.18. The van der Waals surface area contributed by atoms with Crippen LogP contribution in [0.2, 0.25) is 0 Å². The maximum Gasteiger partial charge on any atom is 0.324 e. The molecule has 0 saturated carbocycles. The van der Waals surface area contributed by atoms with Crippen LogP contribution in [0.1, 0.15) is 24.5 Å². The first-order chi connectivity index (χ1) is 17.2. The molecule has 1 heterocycles. The van der Waals surface area contributed by atoms with Gasteiger partial charge in [0, 0.05) is 5.69 Å². The van der Waals surface area contributed by atoms with Crippen molar-refractivity contribution in [2.24, 2.45) is 5.92 Å². The zero-order valence-corrected chi connectivity index (χ0v) is 20.8. The Balaban J connectivity index is 1.45. The van der Waals surface area contributed by atoms with E-state index in [1.807, 2.05) is 36.4 Å². The zero-order chi connectivity index (χ0) is 25.9. The van der Waals surface area contributed by atoms with Crippen LogP contribution in [0.25, 0.3) is 22.2 Å². The lowest BCUT2D eigenvalue weighted by atomic mass is 10.1. The number of sulfonamides is 1. The van der Waals surface area contributed by atoms with Crippen LogP contribution >= 0.6 is 0 Å². The highest BCUT2D eigenvalue weighted by Crippen LogP contribution is 2.24. The number of anilines is 1. The Bertz CT molecular complexity index is 1460. The molecule has 0 spiro atoms. The third-order valence-corrected chi connectivity index (χ3v) is 7.11. The molecule has 1 aromatic heterocycles. The molecule has 3 N–H and O–H groups in total. The molecule has 186 valence electrons. The van der Waals surface area contributed by atoms with Crippen LogP contribution in [0.15, 0.2) is 77.7 Å². The van der Waals surface area contributed by atoms with Crippen LogP contribution < -0.4 is 10.0 Å². The highest BCUT2D eigenvalue weighted by atomic mass is 32.2. The number of hydrogen-bond donors (Lipinski definition) is 3. The molecule has 1 amide bonds. The van der Waals surface area contributed by atoms with Crippen LogP contribution in [0.5, 0.6) is 0 Å². The van der Waals surface area contributed by atoms with Crippen molar-refractivity contribution < 1.29 is 22.7 Å². The van der Waals surface area contributed by atoms with Crippen molar-refractivity contribution >= 4 is 38.6 Å². The number of esters is 1. The van der Waals surface area contributed by atoms with E-state index in [0.29, 0.717) is 11.2 Å². The lowest BCUT2D eigenvalue weighted by molar-refractivity contribution is -0.143. The van der Waals surface area contributed by atoms with Crippen LogP contribution in [-0.2, 0) is 19.6 Å². The lowest BCUT2D eigenvalue weighted by Crippen LogP contribution is -2.44. The Morgan fingerprint density at radius 1 is 0.917 bits per heavy atom. The van der Waals surface area contributed by atoms with E-state index in [2.05, 4.69) is 20.0 Å². The van der Waals surface area contributed by atoms with E-state index < -0.39 is 22.0 Å². The molecular formula is C26H26N4O5S. The van der Waals surface area contributed by atoms with Crippen molar-refractivity contribution in [3.05, 3.63) is 78.6 Å². The van der Waals surface area contributed by atoms with E-state index in [1.165, 1.54) is 19.2 Å². The summed E-state index contributed by atoms with van der Waals surface area (Å²) in [6.45, 7) is 3.46. The highest BCUT2D eigenvalue weighted by molar-refractivity contribution is 7.89. The molecule has 0 bridgehead atoms. The predicted molar refractivity (Wildman–Crippen MR) is 137 cm³/mol. The number of hydrogen-bond acceptors (Lipinski definition) is 6. The zero-order valence-electron chi connectivity index (χ0n) is 20.0. The summed E-state index contributed by atoms with van der Waals surface area (Å²) in [5.74, 6) is -1.06. The van der Waals surface area contributed by atoms with Crippen molar-refractivity contribution in [2.75, 3.05) is 12.4 Å². The smallest absolute Gasteiger partial charge is 0.324 e. The summed E-state index contributed by atoms with van der Waals surface area (Å²) in [7, 11) is -2.70. The Morgan fingerprint density at radius 2 is 1.53 bits per heavy atom. The van der Waals surface area contributed by atoms with Gasteiger partial charge in [0.15, 0.2) is 5.82 Å². The minimum Gasteiger partial charge on any atom is -0.468 e. The number of carbonyl (C=O) groups is 2. The molecule has 1 atom stereocenters. The molecule has 4 rings (SSSR count). The topological polar surface area (TPSA) is 130 Å². The number of H-pyrrole nitrogens is 1. The first kappa shape index (κ1) is 25.1. The van der Waals surface area contributed by atoms with Gasteiger partial charge in [0.2, 0.25) is 10.0 Å². The molecule has 0 radical (unpaired) electrons. The van der Waals surface area contributed by atoms with E-state index in [-0.39, 0.29) is 22.5 Å². The van der Waals surface area contributed by atoms with Gasteiger partial charge in [0.25, 0.3) is 5.91 Å². The quantitative estimate of drug-likeness (QED) is 0.310. The van der Waals surface area contributed by atoms with Crippen LogP contribution in [0.3, 0.4) is 0 Å². The number of imidazole rings is 1. The van der Waals surface area contributed by atoms with Gasteiger partial charge < -0.3 is 15.0 Å². The van der Waals surface area contributed by atoms with Crippen molar-refractivity contribution in [1.29, 1.82) is 0 Å². The maximum absolute atomic E-state index is 12.8. The third-order valence-electron chi connectivity index (χ3n) is 5.65. The molecule has 3 aromatic carbocycles. The van der Waals surface area contributed by atoms with E-state index in [0.717, 1.165) is 16.6 Å². The SMILES string of the molecule is COC(=O)[C@@H](NS(=O)(=O)c1ccc(-c2ccc(NC(=O)c3nc4ccccc4[nH]3)cc2)cc1)C(C)C. The molecule has 36 heavy (non-hydrogen) atoms. The highest BCUT2D eigenvalue weighted by Gasteiger charge is 2.29. The second kappa shape index (κ2) is 10.3. The predicted octanol–water partition coefficient (Wildman–Crippen LogP) is 3.96. The molecule has 10 heteroatoms. The number of aromatic amines is 1. The molecular weight excluding hydrogens is 480 g/mol. The third kappa shape index (κ3) is 5.45. The fourth-order valence-electron chi connectivity index (χ4n) is 3.64. The first-order valence-corrected chi connectivity index (χ1v) is 12.7. The maximum atomic E-state index is 12.8. The largest absolute Gasteiger partial charge is 0.468 e. The fraction of sp³-hybridized carbons (Fsp3) is 0.192. The second-order valence-electron chi connectivity index (χ2n) is 8.52. The van der Waals surface area contributed by atoms with E-state index in [1.54, 1.807) is 38.1 Å². The normalized spacial score (nSPS) is 12.4. The number of nitrogens with zero attached hydrogens (tertiary/aromatic N) is 1. The molecule has 0 aliphatic heterocycles. The summed E-state index contributed by atoms with van der Waals surface area (Å²) in [6.07, 6.45) is 0. The van der Waals surface area contributed by atoms with Gasteiger partial charge in [0.05, 0.1) is 23.0 Å². The summed E-state index contributed by atoms with van der Waals surface area (Å²) in [5.41, 5.74) is 3.71. The number of aromatic nitrogens is 2. The fourth-order valence-corrected chi connectivity index (χ4v) is 4.97. The molecule has 4 aromatic rings. The van der Waals surface area contributed by atoms with Gasteiger partial charge in [-0.05, 0) is 53.4 Å². The van der Waals surface area contributed by atoms with Crippen molar-refractivity contribution in [2.45, 2.75) is 24.8 Å². The van der Waals surface area contributed by atoms with Gasteiger partial charge in [-0.1, -0.05) is 50.2 Å². The number of para-hydroxylation sites is 2. The monoisotopic (exact) mass is 506 g/mol. The van der Waals surface area contributed by atoms with E-state index in [9.17, 15) is 18.0 Å². The first-order valence-electron chi connectivity index (χ1n) is 11.2. The van der Waals surface area contributed by atoms with Gasteiger partial charge in [-0.3, -0.25) is 9.59 Å². The Morgan fingerprint density at radius 3 is 2.11 bits per heavy atom. The molecule has 0 unspecified atom stereocenters. The van der Waals surface area contributed by atoms with Gasteiger partial charge in [0.1, 0.15) is 6.04 Å². The van der Waals surface area contributed by atoms with Crippen molar-refractivity contribution in [3.8, 4) is 11.1 Å². The number of rotatable bonds is 8. The Labute approximate surface area is 209 Å². The van der Waals surface area contributed by atoms with E-state index in [4.69, 9.17) is 4.74 Å². The number of benzene rings is 3. The summed E-state index contributed by atoms with van der Waals surface area (Å²) < 4.78 is 32.7. The number of nitrogens with one attached hydrogen (secondary N) is 3. The number of fused-ring (bicyclic) bond motifs is 1. The number of ether oxygens (including phenoxy) is 1. The number of methoxy groups -OCH3 is 1. The van der Waals surface area contributed by atoms with Crippen LogP contribution in [0, 0.1) is 5.92 Å². The standard InChI is InChI=1S/C26H26N4O5S/c1-16(2)23(26(32)35-3)30-36(33,34)20-14-10-18(11-15-20)17-8-12-19(13-9-17)27-25(31)24-28-21-6-4-5-7-22(21)29-24/h4-16,23,30H,1-3H3,(H,27,31)(H,28,29)/t23-/m0/s1. The van der Waals surface area contributed by atoms with E-state index >= 15 is 0 Å².